The van der Waals surface area contributed by atoms with Gasteiger partial charge in [-0.3, -0.25) is 25.2 Å². The molecule has 26 heavy (non-hydrogen) atoms. The maximum atomic E-state index is 12.1. The molecular weight excluding hydrogens is 420 g/mol. The van der Waals surface area contributed by atoms with Gasteiger partial charge in [0.25, 0.3) is 5.91 Å². The van der Waals surface area contributed by atoms with Gasteiger partial charge in [0.1, 0.15) is 5.75 Å². The van der Waals surface area contributed by atoms with Crippen molar-refractivity contribution >= 4 is 44.9 Å². The zero-order valence-electron chi connectivity index (χ0n) is 14.2. The molecule has 2 rings (SSSR count). The number of amides is 2. The van der Waals surface area contributed by atoms with Crippen molar-refractivity contribution in [3.05, 3.63) is 50.6 Å². The number of Topliss-reactive ketones (excluding diaryl/α,β-unsaturated/α-hetero) is 1. The summed E-state index contributed by atoms with van der Waals surface area (Å²) in [4.78, 5) is 36.2. The van der Waals surface area contributed by atoms with E-state index in [9.17, 15) is 14.4 Å². The van der Waals surface area contributed by atoms with E-state index in [0.717, 1.165) is 10.2 Å². The number of carbonyl (C=O) groups is 3. The number of halogens is 1. The third-order valence-electron chi connectivity index (χ3n) is 3.34. The number of nitrogens with one attached hydrogen (secondary N) is 2. The predicted molar refractivity (Wildman–Crippen MR) is 103 cm³/mol. The van der Waals surface area contributed by atoms with Crippen molar-refractivity contribution in [1.82, 2.24) is 10.9 Å². The van der Waals surface area contributed by atoms with Crippen LogP contribution in [0.2, 0.25) is 0 Å². The van der Waals surface area contributed by atoms with E-state index in [1.54, 1.807) is 36.4 Å². The van der Waals surface area contributed by atoms with Crippen LogP contribution in [-0.4, -0.2) is 24.2 Å². The van der Waals surface area contributed by atoms with Gasteiger partial charge in [0.05, 0.1) is 15.3 Å². The molecule has 1 aromatic carbocycles. The van der Waals surface area contributed by atoms with Crippen LogP contribution in [0, 0.1) is 0 Å². The molecule has 0 atom stereocenters. The lowest BCUT2D eigenvalue weighted by Gasteiger charge is -2.07. The average Bonchev–Trinajstić information content (AvgIpc) is 3.09. The van der Waals surface area contributed by atoms with Gasteiger partial charge in [-0.2, -0.15) is 0 Å². The maximum absolute atomic E-state index is 12.1. The van der Waals surface area contributed by atoms with Crippen molar-refractivity contribution in [2.24, 2.45) is 0 Å². The molecule has 0 spiro atoms. The fourth-order valence-electron chi connectivity index (χ4n) is 2.02. The van der Waals surface area contributed by atoms with Crippen LogP contribution in [0.5, 0.6) is 5.75 Å². The first-order valence-electron chi connectivity index (χ1n) is 8.10. The van der Waals surface area contributed by atoms with Crippen LogP contribution < -0.4 is 15.6 Å². The number of benzene rings is 1. The first-order valence-corrected chi connectivity index (χ1v) is 9.71. The molecule has 1 heterocycles. The summed E-state index contributed by atoms with van der Waals surface area (Å²) >= 11 is 4.52. The lowest BCUT2D eigenvalue weighted by Crippen LogP contribution is -2.41. The van der Waals surface area contributed by atoms with Crippen LogP contribution in [0.4, 0.5) is 0 Å². The Morgan fingerprint density at radius 3 is 2.38 bits per heavy atom. The normalized spacial score (nSPS) is 10.2. The number of thiophene rings is 1. The van der Waals surface area contributed by atoms with Crippen molar-refractivity contribution in [2.45, 2.75) is 26.2 Å². The lowest BCUT2D eigenvalue weighted by molar-refractivity contribution is -0.121. The summed E-state index contributed by atoms with van der Waals surface area (Å²) in [6.45, 7) is 2.65. The van der Waals surface area contributed by atoms with Crippen molar-refractivity contribution in [1.29, 1.82) is 0 Å². The van der Waals surface area contributed by atoms with Gasteiger partial charge in [-0.05, 0) is 58.7 Å². The summed E-state index contributed by atoms with van der Waals surface area (Å²) in [7, 11) is 0. The Hall–Kier alpha value is -2.19. The van der Waals surface area contributed by atoms with E-state index in [2.05, 4.69) is 26.8 Å². The van der Waals surface area contributed by atoms with E-state index in [0.29, 0.717) is 22.8 Å². The molecule has 2 aromatic rings. The number of hydrazine groups is 1. The Morgan fingerprint density at radius 1 is 1.04 bits per heavy atom. The smallest absolute Gasteiger partial charge is 0.279 e. The molecule has 0 bridgehead atoms. The van der Waals surface area contributed by atoms with Crippen LogP contribution in [0.3, 0.4) is 0 Å². The van der Waals surface area contributed by atoms with Crippen molar-refractivity contribution in [2.75, 3.05) is 6.61 Å². The SMILES string of the molecule is CCCOc1ccc(C(=O)CCC(=O)NNC(=O)c2ccc(Br)s2)cc1. The molecule has 0 unspecified atom stereocenters. The summed E-state index contributed by atoms with van der Waals surface area (Å²) < 4.78 is 6.29. The Morgan fingerprint density at radius 2 is 1.77 bits per heavy atom. The molecule has 0 aliphatic rings. The number of carbonyl (C=O) groups excluding carboxylic acids is 3. The Kier molecular flexibility index (Phi) is 7.80. The summed E-state index contributed by atoms with van der Waals surface area (Å²) in [6, 6.07) is 10.2. The first-order chi connectivity index (χ1) is 12.5. The largest absolute Gasteiger partial charge is 0.494 e. The van der Waals surface area contributed by atoms with E-state index in [4.69, 9.17) is 4.74 Å². The van der Waals surface area contributed by atoms with Crippen LogP contribution >= 0.6 is 27.3 Å². The first kappa shape index (κ1) is 20.1. The molecule has 1 aromatic heterocycles. The topological polar surface area (TPSA) is 84.5 Å². The standard InChI is InChI=1S/C18H19BrN2O4S/c1-2-11-25-13-5-3-12(4-6-13)14(22)7-10-17(23)20-21-18(24)15-8-9-16(19)26-15/h3-6,8-9H,2,7,10-11H2,1H3,(H,20,23)(H,21,24). The third kappa shape index (κ3) is 6.27. The van der Waals surface area contributed by atoms with Crippen LogP contribution in [0.1, 0.15) is 46.2 Å². The van der Waals surface area contributed by atoms with E-state index in [1.165, 1.54) is 11.3 Å². The second-order valence-electron chi connectivity index (χ2n) is 5.40. The Bertz CT molecular complexity index is 774. The highest BCUT2D eigenvalue weighted by atomic mass is 79.9. The number of hydrogen-bond donors (Lipinski definition) is 2. The molecule has 138 valence electrons. The van der Waals surface area contributed by atoms with Crippen molar-refractivity contribution < 1.29 is 19.1 Å². The number of rotatable bonds is 8. The molecule has 8 heteroatoms. The maximum Gasteiger partial charge on any atom is 0.279 e. The van der Waals surface area contributed by atoms with Gasteiger partial charge in [-0.25, -0.2) is 0 Å². The quantitative estimate of drug-likeness (QED) is 0.485. The lowest BCUT2D eigenvalue weighted by atomic mass is 10.1. The molecule has 0 radical (unpaired) electrons. The minimum Gasteiger partial charge on any atom is -0.494 e. The Labute approximate surface area is 164 Å². The van der Waals surface area contributed by atoms with E-state index < -0.39 is 11.8 Å². The fraction of sp³-hybridized carbons (Fsp3) is 0.278. The molecule has 0 saturated carbocycles. The summed E-state index contributed by atoms with van der Waals surface area (Å²) in [5, 5.41) is 0. The second-order valence-corrected chi connectivity index (χ2v) is 7.87. The number of ether oxygens (including phenoxy) is 1. The van der Waals surface area contributed by atoms with Crippen LogP contribution in [0.15, 0.2) is 40.2 Å². The number of ketones is 1. The predicted octanol–water partition coefficient (Wildman–Crippen LogP) is 3.72. The fourth-order valence-corrected chi connectivity index (χ4v) is 3.30. The van der Waals surface area contributed by atoms with Gasteiger partial charge in [-0.15, -0.1) is 11.3 Å². The van der Waals surface area contributed by atoms with Crippen LogP contribution in [-0.2, 0) is 4.79 Å². The van der Waals surface area contributed by atoms with Gasteiger partial charge >= 0.3 is 0 Å². The molecule has 0 aliphatic heterocycles. The molecule has 6 nitrogen and oxygen atoms in total. The third-order valence-corrected chi connectivity index (χ3v) is 4.96. The molecule has 0 saturated heterocycles. The molecule has 0 aliphatic carbocycles. The minimum absolute atomic E-state index is 0.0126. The highest BCUT2D eigenvalue weighted by molar-refractivity contribution is 9.11. The van der Waals surface area contributed by atoms with Gasteiger partial charge in [-0.1, -0.05) is 6.92 Å². The summed E-state index contributed by atoms with van der Waals surface area (Å²) in [5.41, 5.74) is 5.16. The zero-order valence-corrected chi connectivity index (χ0v) is 16.6. The molecule has 2 amide bonds. The summed E-state index contributed by atoms with van der Waals surface area (Å²) in [5.74, 6) is -0.256. The Balaban J connectivity index is 1.74. The van der Waals surface area contributed by atoms with E-state index in [-0.39, 0.29) is 18.6 Å². The van der Waals surface area contributed by atoms with E-state index >= 15 is 0 Å². The molecular formula is C18H19BrN2O4S. The number of hydrogen-bond acceptors (Lipinski definition) is 5. The zero-order chi connectivity index (χ0) is 18.9. The minimum atomic E-state index is -0.426. The van der Waals surface area contributed by atoms with Crippen LogP contribution in [0.25, 0.3) is 0 Å². The summed E-state index contributed by atoms with van der Waals surface area (Å²) in [6.07, 6.45) is 0.957. The second kappa shape index (κ2) is 10.1. The highest BCUT2D eigenvalue weighted by Crippen LogP contribution is 2.21. The van der Waals surface area contributed by atoms with Gasteiger partial charge in [0.2, 0.25) is 5.91 Å². The van der Waals surface area contributed by atoms with Crippen molar-refractivity contribution in [3.8, 4) is 5.75 Å². The molecule has 2 N–H and O–H groups in total. The monoisotopic (exact) mass is 438 g/mol. The average molecular weight is 439 g/mol. The van der Waals surface area contributed by atoms with Gasteiger partial charge in [0.15, 0.2) is 5.78 Å². The molecule has 0 fully saturated rings. The van der Waals surface area contributed by atoms with Gasteiger partial charge in [0, 0.05) is 18.4 Å². The highest BCUT2D eigenvalue weighted by Gasteiger charge is 2.12. The van der Waals surface area contributed by atoms with Crippen molar-refractivity contribution in [3.63, 3.8) is 0 Å². The van der Waals surface area contributed by atoms with E-state index in [1.807, 2.05) is 6.92 Å². The van der Waals surface area contributed by atoms with Gasteiger partial charge < -0.3 is 4.74 Å².